The van der Waals surface area contributed by atoms with Crippen LogP contribution in [0.15, 0.2) is 40.7 Å². The summed E-state index contributed by atoms with van der Waals surface area (Å²) in [5.41, 5.74) is 0.805. The first-order chi connectivity index (χ1) is 9.72. The summed E-state index contributed by atoms with van der Waals surface area (Å²) in [4.78, 5) is 28.8. The van der Waals surface area contributed by atoms with Crippen molar-refractivity contribution in [2.45, 2.75) is 16.6 Å². The van der Waals surface area contributed by atoms with Crippen LogP contribution in [0.25, 0.3) is 0 Å². The number of hydrogen-bond donors (Lipinski definition) is 2. The Kier molecular flexibility index (Phi) is 3.70. The highest BCUT2D eigenvalue weighted by Crippen LogP contribution is 2.36. The third kappa shape index (κ3) is 2.83. The van der Waals surface area contributed by atoms with Gasteiger partial charge in [-0.2, -0.15) is 0 Å². The SMILES string of the molecule is O=C(CC1Sc2ccccc2NC1=O)Nc1nccs1. The fourth-order valence-corrected chi connectivity index (χ4v) is 3.51. The highest BCUT2D eigenvalue weighted by atomic mass is 32.2. The number of thiazole rings is 1. The maximum absolute atomic E-state index is 12.0. The van der Waals surface area contributed by atoms with E-state index in [0.717, 1.165) is 10.6 Å². The van der Waals surface area contributed by atoms with Gasteiger partial charge in [-0.3, -0.25) is 9.59 Å². The average molecular weight is 305 g/mol. The molecule has 102 valence electrons. The second-order valence-corrected chi connectivity index (χ2v) is 6.32. The van der Waals surface area contributed by atoms with Crippen molar-refractivity contribution < 1.29 is 9.59 Å². The molecule has 1 aromatic carbocycles. The summed E-state index contributed by atoms with van der Waals surface area (Å²) in [6.07, 6.45) is 1.75. The zero-order chi connectivity index (χ0) is 13.9. The Labute approximate surface area is 123 Å². The second kappa shape index (κ2) is 5.64. The lowest BCUT2D eigenvalue weighted by Crippen LogP contribution is -2.32. The maximum Gasteiger partial charge on any atom is 0.238 e. The van der Waals surface area contributed by atoms with Crippen molar-refractivity contribution in [3.8, 4) is 0 Å². The molecule has 7 heteroatoms. The first kappa shape index (κ1) is 13.1. The van der Waals surface area contributed by atoms with Gasteiger partial charge in [-0.25, -0.2) is 4.98 Å². The Morgan fingerprint density at radius 1 is 1.40 bits per heavy atom. The molecule has 1 aliphatic rings. The molecule has 0 fully saturated rings. The van der Waals surface area contributed by atoms with E-state index < -0.39 is 5.25 Å². The number of carbonyl (C=O) groups excluding carboxylic acids is 2. The molecule has 2 heterocycles. The molecule has 0 spiro atoms. The van der Waals surface area contributed by atoms with Crippen LogP contribution in [-0.4, -0.2) is 22.0 Å². The zero-order valence-corrected chi connectivity index (χ0v) is 12.0. The van der Waals surface area contributed by atoms with Gasteiger partial charge in [-0.1, -0.05) is 12.1 Å². The molecule has 1 atom stereocenters. The molecule has 3 rings (SSSR count). The number of carbonyl (C=O) groups is 2. The van der Waals surface area contributed by atoms with E-state index in [1.807, 2.05) is 24.3 Å². The van der Waals surface area contributed by atoms with Crippen molar-refractivity contribution in [1.82, 2.24) is 4.98 Å². The van der Waals surface area contributed by atoms with E-state index in [9.17, 15) is 9.59 Å². The van der Waals surface area contributed by atoms with Gasteiger partial charge in [0.15, 0.2) is 5.13 Å². The summed E-state index contributed by atoms with van der Waals surface area (Å²) < 4.78 is 0. The van der Waals surface area contributed by atoms with Crippen LogP contribution in [0.5, 0.6) is 0 Å². The number of rotatable bonds is 3. The second-order valence-electron chi connectivity index (χ2n) is 4.18. The summed E-state index contributed by atoms with van der Waals surface area (Å²) >= 11 is 2.77. The first-order valence-corrected chi connectivity index (χ1v) is 7.74. The van der Waals surface area contributed by atoms with Crippen LogP contribution in [0, 0.1) is 0 Å². The Bertz CT molecular complexity index is 643. The molecule has 5 nitrogen and oxygen atoms in total. The quantitative estimate of drug-likeness (QED) is 0.914. The fourth-order valence-electron chi connectivity index (χ4n) is 1.85. The van der Waals surface area contributed by atoms with Crippen LogP contribution in [0.2, 0.25) is 0 Å². The summed E-state index contributed by atoms with van der Waals surface area (Å²) in [5.74, 6) is -0.338. The van der Waals surface area contributed by atoms with E-state index in [4.69, 9.17) is 0 Å². The smallest absolute Gasteiger partial charge is 0.238 e. The van der Waals surface area contributed by atoms with E-state index in [0.29, 0.717) is 5.13 Å². The number of nitrogens with one attached hydrogen (secondary N) is 2. The standard InChI is InChI=1S/C13H11N3O2S2/c17-11(16-13-14-5-6-19-13)7-10-12(18)15-8-3-1-2-4-9(8)20-10/h1-6,10H,7H2,(H,15,18)(H,14,16,17). The Balaban J connectivity index is 1.66. The normalized spacial score (nSPS) is 17.2. The number of benzene rings is 1. The number of nitrogens with zero attached hydrogens (tertiary/aromatic N) is 1. The number of anilines is 2. The van der Waals surface area contributed by atoms with E-state index in [1.54, 1.807) is 11.6 Å². The summed E-state index contributed by atoms with van der Waals surface area (Å²) in [6.45, 7) is 0. The van der Waals surface area contributed by atoms with E-state index in [2.05, 4.69) is 15.6 Å². The van der Waals surface area contributed by atoms with Crippen molar-refractivity contribution in [2.24, 2.45) is 0 Å². The minimum Gasteiger partial charge on any atom is -0.324 e. The molecule has 0 saturated carbocycles. The van der Waals surface area contributed by atoms with E-state index in [1.165, 1.54) is 23.1 Å². The van der Waals surface area contributed by atoms with Gasteiger partial charge in [0.1, 0.15) is 0 Å². The lowest BCUT2D eigenvalue weighted by molar-refractivity contribution is -0.120. The first-order valence-electron chi connectivity index (χ1n) is 5.98. The zero-order valence-electron chi connectivity index (χ0n) is 10.3. The maximum atomic E-state index is 12.0. The van der Waals surface area contributed by atoms with Crippen LogP contribution in [0.3, 0.4) is 0 Å². The molecule has 2 aromatic rings. The predicted octanol–water partition coefficient (Wildman–Crippen LogP) is 2.58. The Hall–Kier alpha value is -1.86. The van der Waals surface area contributed by atoms with Gasteiger partial charge in [0, 0.05) is 22.9 Å². The highest BCUT2D eigenvalue weighted by molar-refractivity contribution is 8.01. The number of hydrogen-bond acceptors (Lipinski definition) is 5. The molecule has 20 heavy (non-hydrogen) atoms. The van der Waals surface area contributed by atoms with E-state index in [-0.39, 0.29) is 18.2 Å². The lowest BCUT2D eigenvalue weighted by atomic mass is 10.2. The molecule has 0 saturated heterocycles. The number of aromatic nitrogens is 1. The molecule has 0 bridgehead atoms. The van der Waals surface area contributed by atoms with Gasteiger partial charge in [0.25, 0.3) is 0 Å². The molecule has 0 aliphatic carbocycles. The summed E-state index contributed by atoms with van der Waals surface area (Å²) in [5, 5.41) is 7.44. The van der Waals surface area contributed by atoms with Crippen molar-refractivity contribution in [2.75, 3.05) is 10.6 Å². The van der Waals surface area contributed by atoms with Crippen LogP contribution in [0.4, 0.5) is 10.8 Å². The van der Waals surface area contributed by atoms with Gasteiger partial charge >= 0.3 is 0 Å². The third-order valence-electron chi connectivity index (χ3n) is 2.76. The van der Waals surface area contributed by atoms with Crippen molar-refractivity contribution in [3.05, 3.63) is 35.8 Å². The third-order valence-corrected chi connectivity index (χ3v) is 4.72. The van der Waals surface area contributed by atoms with Gasteiger partial charge < -0.3 is 10.6 Å². The Morgan fingerprint density at radius 2 is 2.25 bits per heavy atom. The number of amides is 2. The van der Waals surface area contributed by atoms with Crippen LogP contribution in [0.1, 0.15) is 6.42 Å². The van der Waals surface area contributed by atoms with Crippen LogP contribution < -0.4 is 10.6 Å². The number of para-hydroxylation sites is 1. The monoisotopic (exact) mass is 305 g/mol. The summed E-state index contributed by atoms with van der Waals surface area (Å²) in [7, 11) is 0. The van der Waals surface area contributed by atoms with Gasteiger partial charge in [-0.05, 0) is 12.1 Å². The van der Waals surface area contributed by atoms with Crippen molar-refractivity contribution in [1.29, 1.82) is 0 Å². The average Bonchev–Trinajstić information content (AvgIpc) is 2.92. The lowest BCUT2D eigenvalue weighted by Gasteiger charge is -2.23. The molecule has 2 N–H and O–H groups in total. The topological polar surface area (TPSA) is 71.1 Å². The van der Waals surface area contributed by atoms with Gasteiger partial charge in [-0.15, -0.1) is 23.1 Å². The minimum atomic E-state index is -0.412. The number of thioether (sulfide) groups is 1. The fraction of sp³-hybridized carbons (Fsp3) is 0.154. The number of fused-ring (bicyclic) bond motifs is 1. The van der Waals surface area contributed by atoms with Gasteiger partial charge in [0.2, 0.25) is 11.8 Å². The molecule has 1 aromatic heterocycles. The molecular weight excluding hydrogens is 294 g/mol. The van der Waals surface area contributed by atoms with Gasteiger partial charge in [0.05, 0.1) is 10.9 Å². The van der Waals surface area contributed by atoms with Crippen LogP contribution in [-0.2, 0) is 9.59 Å². The minimum absolute atomic E-state index is 0.129. The van der Waals surface area contributed by atoms with Crippen molar-refractivity contribution in [3.63, 3.8) is 0 Å². The van der Waals surface area contributed by atoms with E-state index >= 15 is 0 Å². The summed E-state index contributed by atoms with van der Waals surface area (Å²) in [6, 6.07) is 7.57. The predicted molar refractivity (Wildman–Crippen MR) is 80.1 cm³/mol. The van der Waals surface area contributed by atoms with Crippen molar-refractivity contribution >= 4 is 45.7 Å². The molecule has 1 unspecified atom stereocenters. The van der Waals surface area contributed by atoms with Crippen LogP contribution >= 0.6 is 23.1 Å². The molecule has 1 aliphatic heterocycles. The largest absolute Gasteiger partial charge is 0.324 e. The molecule has 0 radical (unpaired) electrons. The molecular formula is C13H11N3O2S2. The molecule has 2 amide bonds. The highest BCUT2D eigenvalue weighted by Gasteiger charge is 2.28. The Morgan fingerprint density at radius 3 is 3.05 bits per heavy atom.